The summed E-state index contributed by atoms with van der Waals surface area (Å²) in [5.41, 5.74) is 2.94. The van der Waals surface area contributed by atoms with Crippen LogP contribution in [0.2, 0.25) is 0 Å². The molecular weight excluding hydrogens is 490 g/mol. The van der Waals surface area contributed by atoms with Crippen molar-refractivity contribution in [1.29, 1.82) is 0 Å². The highest BCUT2D eigenvalue weighted by molar-refractivity contribution is 7.99. The first-order valence-corrected chi connectivity index (χ1v) is 14.2. The molecule has 4 aromatic rings. The minimum Gasteiger partial charge on any atom is -0.392 e. The second-order valence-electron chi connectivity index (χ2n) is 8.56. The van der Waals surface area contributed by atoms with Gasteiger partial charge in [0.15, 0.2) is 0 Å². The van der Waals surface area contributed by atoms with Crippen LogP contribution in [0.3, 0.4) is 0 Å². The molecule has 5 rings (SSSR count). The molecule has 186 valence electrons. The number of rotatable bonds is 8. The van der Waals surface area contributed by atoms with E-state index in [0.29, 0.717) is 12.5 Å². The minimum atomic E-state index is -0.953. The van der Waals surface area contributed by atoms with Crippen molar-refractivity contribution in [3.63, 3.8) is 0 Å². The Kier molecular flexibility index (Phi) is 7.81. The molecule has 2 N–H and O–H groups in total. The van der Waals surface area contributed by atoms with Crippen LogP contribution in [-0.2, 0) is 24.1 Å². The molecule has 1 unspecified atom stereocenters. The van der Waals surface area contributed by atoms with Crippen LogP contribution < -0.4 is 10.2 Å². The monoisotopic (exact) mass is 519 g/mol. The molecule has 1 saturated heterocycles. The maximum Gasteiger partial charge on any atom is 0.225 e. The van der Waals surface area contributed by atoms with E-state index in [-0.39, 0.29) is 6.61 Å². The van der Waals surface area contributed by atoms with Gasteiger partial charge in [-0.15, -0.1) is 0 Å². The van der Waals surface area contributed by atoms with Crippen LogP contribution in [0.5, 0.6) is 0 Å². The fraction of sp³-hybridized carbons (Fsp3) is 0.259. The van der Waals surface area contributed by atoms with Gasteiger partial charge >= 0.3 is 0 Å². The first-order chi connectivity index (χ1) is 17.6. The van der Waals surface area contributed by atoms with Crippen LogP contribution >= 0.6 is 11.8 Å². The van der Waals surface area contributed by atoms with Crippen molar-refractivity contribution in [3.05, 3.63) is 83.9 Å². The van der Waals surface area contributed by atoms with Crippen LogP contribution in [0.1, 0.15) is 11.1 Å². The Morgan fingerprint density at radius 1 is 0.889 bits per heavy atom. The highest BCUT2D eigenvalue weighted by Gasteiger charge is 2.22. The number of anilines is 2. The lowest BCUT2D eigenvalue weighted by Crippen LogP contribution is -2.47. The number of aliphatic hydroxyl groups is 1. The van der Waals surface area contributed by atoms with Crippen molar-refractivity contribution in [2.75, 3.05) is 42.7 Å². The smallest absolute Gasteiger partial charge is 0.225 e. The van der Waals surface area contributed by atoms with Crippen molar-refractivity contribution in [3.8, 4) is 0 Å². The Morgan fingerprint density at radius 3 is 2.25 bits per heavy atom. The lowest BCUT2D eigenvalue weighted by Gasteiger charge is -2.34. The molecule has 36 heavy (non-hydrogen) atoms. The lowest BCUT2D eigenvalue weighted by molar-refractivity contribution is 0.279. The van der Waals surface area contributed by atoms with E-state index >= 15 is 0 Å². The average Bonchev–Trinajstić information content (AvgIpc) is 2.92. The number of nitrogens with one attached hydrogen (secondary N) is 1. The topological polar surface area (TPSA) is 81.6 Å². The summed E-state index contributed by atoms with van der Waals surface area (Å²) in [5, 5.41) is 14.2. The predicted molar refractivity (Wildman–Crippen MR) is 148 cm³/mol. The number of nitrogens with zero attached hydrogens (tertiary/aromatic N) is 4. The van der Waals surface area contributed by atoms with Crippen LogP contribution in [0, 0.1) is 0 Å². The standard InChI is InChI=1S/C27H29N5O2S2/c1-36(34)32-16-14-31(15-17-32)26-22-10-4-5-11-23(22)29-27(30-26)28-18-20-8-2-6-12-24(20)35-25-13-7-3-9-21(25)19-33/h2-13,33H,14-19H2,1H3,(H,28,29,30). The molecule has 1 atom stereocenters. The van der Waals surface area contributed by atoms with E-state index in [1.807, 2.05) is 58.9 Å². The summed E-state index contributed by atoms with van der Waals surface area (Å²) in [6, 6.07) is 24.3. The van der Waals surface area contributed by atoms with Gasteiger partial charge in [0.25, 0.3) is 0 Å². The van der Waals surface area contributed by atoms with E-state index in [1.165, 1.54) is 0 Å². The molecule has 1 aliphatic rings. The van der Waals surface area contributed by atoms with Gasteiger partial charge in [0.1, 0.15) is 5.82 Å². The SMILES string of the molecule is CS(=O)N1CCN(c2nc(NCc3ccccc3Sc3ccccc3CO)nc3ccccc23)CC1. The Morgan fingerprint density at radius 2 is 1.53 bits per heavy atom. The molecule has 0 saturated carbocycles. The number of piperazine rings is 1. The van der Waals surface area contributed by atoms with Crippen molar-refractivity contribution in [2.45, 2.75) is 22.9 Å². The molecule has 1 aliphatic heterocycles. The fourth-order valence-electron chi connectivity index (χ4n) is 4.31. The van der Waals surface area contributed by atoms with E-state index in [1.54, 1.807) is 18.0 Å². The van der Waals surface area contributed by atoms with Gasteiger partial charge in [-0.05, 0) is 35.4 Å². The van der Waals surface area contributed by atoms with Crippen LogP contribution in [0.25, 0.3) is 10.9 Å². The van der Waals surface area contributed by atoms with Gasteiger partial charge in [-0.2, -0.15) is 4.98 Å². The summed E-state index contributed by atoms with van der Waals surface area (Å²) < 4.78 is 13.9. The zero-order chi connectivity index (χ0) is 24.9. The molecule has 7 nitrogen and oxygen atoms in total. The lowest BCUT2D eigenvalue weighted by atomic mass is 10.2. The number of fused-ring (bicyclic) bond motifs is 1. The van der Waals surface area contributed by atoms with Gasteiger partial charge in [0, 0.05) is 54.2 Å². The van der Waals surface area contributed by atoms with Crippen LogP contribution in [-0.4, -0.2) is 56.0 Å². The summed E-state index contributed by atoms with van der Waals surface area (Å²) in [6.07, 6.45) is 1.73. The molecule has 1 fully saturated rings. The van der Waals surface area contributed by atoms with Gasteiger partial charge in [-0.1, -0.05) is 60.3 Å². The predicted octanol–water partition coefficient (Wildman–Crippen LogP) is 4.30. The van der Waals surface area contributed by atoms with Gasteiger partial charge in [-0.25, -0.2) is 13.5 Å². The van der Waals surface area contributed by atoms with Gasteiger partial charge in [-0.3, -0.25) is 0 Å². The maximum atomic E-state index is 11.9. The summed E-state index contributed by atoms with van der Waals surface area (Å²) in [4.78, 5) is 14.1. The zero-order valence-electron chi connectivity index (χ0n) is 20.1. The highest BCUT2D eigenvalue weighted by atomic mass is 32.2. The molecule has 3 aromatic carbocycles. The van der Waals surface area contributed by atoms with E-state index < -0.39 is 11.0 Å². The molecule has 0 amide bonds. The Balaban J connectivity index is 1.38. The third-order valence-corrected chi connectivity index (χ3v) is 8.59. The number of aliphatic hydroxyl groups excluding tert-OH is 1. The number of benzene rings is 3. The average molecular weight is 520 g/mol. The number of aromatic nitrogens is 2. The van der Waals surface area contributed by atoms with E-state index in [2.05, 4.69) is 28.4 Å². The third-order valence-electron chi connectivity index (χ3n) is 6.26. The minimum absolute atomic E-state index is 0.0136. The molecule has 0 bridgehead atoms. The highest BCUT2D eigenvalue weighted by Crippen LogP contribution is 2.33. The summed E-state index contributed by atoms with van der Waals surface area (Å²) in [5.74, 6) is 1.49. The third kappa shape index (κ3) is 5.54. The van der Waals surface area contributed by atoms with Crippen LogP contribution in [0.15, 0.2) is 82.6 Å². The fourth-order valence-corrected chi connectivity index (χ4v) is 6.06. The summed E-state index contributed by atoms with van der Waals surface area (Å²) in [7, 11) is -0.953. The molecule has 0 radical (unpaired) electrons. The van der Waals surface area contributed by atoms with Gasteiger partial charge in [0.05, 0.1) is 23.1 Å². The molecule has 1 aromatic heterocycles. The Bertz CT molecular complexity index is 1380. The van der Waals surface area contributed by atoms with Crippen LogP contribution in [0.4, 0.5) is 11.8 Å². The van der Waals surface area contributed by atoms with E-state index in [4.69, 9.17) is 9.97 Å². The quantitative estimate of drug-likeness (QED) is 0.359. The maximum absolute atomic E-state index is 11.9. The normalized spacial score (nSPS) is 15.2. The second-order valence-corrected chi connectivity index (χ2v) is 11.0. The largest absolute Gasteiger partial charge is 0.392 e. The summed E-state index contributed by atoms with van der Waals surface area (Å²) in [6.45, 7) is 3.60. The summed E-state index contributed by atoms with van der Waals surface area (Å²) >= 11 is 1.65. The first-order valence-electron chi connectivity index (χ1n) is 11.9. The molecule has 2 heterocycles. The van der Waals surface area contributed by atoms with Crippen molar-refractivity contribution < 1.29 is 9.32 Å². The molecular formula is C27H29N5O2S2. The molecule has 0 aliphatic carbocycles. The zero-order valence-corrected chi connectivity index (χ0v) is 21.8. The van der Waals surface area contributed by atoms with Crippen molar-refractivity contribution in [1.82, 2.24) is 14.3 Å². The first kappa shape index (κ1) is 24.7. The van der Waals surface area contributed by atoms with E-state index in [9.17, 15) is 9.32 Å². The Hall–Kier alpha value is -2.98. The number of hydrogen-bond donors (Lipinski definition) is 2. The van der Waals surface area contributed by atoms with Gasteiger partial charge < -0.3 is 15.3 Å². The molecule has 0 spiro atoms. The number of para-hydroxylation sites is 1. The number of hydrogen-bond acceptors (Lipinski definition) is 7. The van der Waals surface area contributed by atoms with Crippen molar-refractivity contribution >= 4 is 45.4 Å². The second kappa shape index (κ2) is 11.4. The van der Waals surface area contributed by atoms with E-state index in [0.717, 1.165) is 63.8 Å². The van der Waals surface area contributed by atoms with Crippen molar-refractivity contribution in [2.24, 2.45) is 0 Å². The molecule has 9 heteroatoms. The Labute approximate surface area is 218 Å². The van der Waals surface area contributed by atoms with Gasteiger partial charge in [0.2, 0.25) is 5.95 Å².